The van der Waals surface area contributed by atoms with Crippen molar-refractivity contribution in [1.82, 2.24) is 20.1 Å². The fourth-order valence-corrected chi connectivity index (χ4v) is 1.99. The highest BCUT2D eigenvalue weighted by molar-refractivity contribution is 5.80. The summed E-state index contributed by atoms with van der Waals surface area (Å²) < 4.78 is 0. The molecule has 1 aromatic heterocycles. The number of hydrogen-bond donors (Lipinski definition) is 2. The van der Waals surface area contributed by atoms with Crippen LogP contribution in [0.2, 0.25) is 0 Å². The lowest BCUT2D eigenvalue weighted by molar-refractivity contribution is -0.146. The summed E-state index contributed by atoms with van der Waals surface area (Å²) in [4.78, 5) is 17.5. The van der Waals surface area contributed by atoms with Crippen molar-refractivity contribution in [2.75, 3.05) is 20.1 Å². The molecule has 6 heteroatoms. The maximum Gasteiger partial charge on any atom is 0.317 e. The van der Waals surface area contributed by atoms with Gasteiger partial charge in [0.2, 0.25) is 0 Å². The lowest BCUT2D eigenvalue weighted by Gasteiger charge is -2.35. The molecule has 0 aromatic carbocycles. The van der Waals surface area contributed by atoms with Crippen molar-refractivity contribution < 1.29 is 9.90 Å². The number of carbonyl (C=O) groups is 1. The number of carboxylic acids is 1. The first-order valence-electron chi connectivity index (χ1n) is 4.93. The number of nitrogens with one attached hydrogen (secondary N) is 1. The Morgan fingerprint density at radius 1 is 1.60 bits per heavy atom. The van der Waals surface area contributed by atoms with Crippen LogP contribution in [-0.2, 0) is 10.2 Å². The highest BCUT2D eigenvalue weighted by atomic mass is 16.4. The fourth-order valence-electron chi connectivity index (χ4n) is 1.99. The Hall–Kier alpha value is -1.43. The third-order valence-corrected chi connectivity index (χ3v) is 3.12. The van der Waals surface area contributed by atoms with E-state index in [1.165, 1.54) is 6.33 Å². The molecule has 2 heterocycles. The first-order valence-corrected chi connectivity index (χ1v) is 4.93. The summed E-state index contributed by atoms with van der Waals surface area (Å²) in [5.41, 5.74) is -0.872. The second-order valence-electron chi connectivity index (χ2n) is 4.02. The van der Waals surface area contributed by atoms with E-state index in [1.54, 1.807) is 0 Å². The van der Waals surface area contributed by atoms with E-state index >= 15 is 0 Å². The number of aliphatic carboxylic acids is 1. The number of aromatic amines is 1. The third kappa shape index (κ3) is 1.61. The third-order valence-electron chi connectivity index (χ3n) is 3.12. The second kappa shape index (κ2) is 3.62. The van der Waals surface area contributed by atoms with Gasteiger partial charge in [0.05, 0.1) is 0 Å². The molecule has 0 amide bonds. The van der Waals surface area contributed by atoms with Crippen LogP contribution in [-0.4, -0.2) is 51.3 Å². The van der Waals surface area contributed by atoms with E-state index in [1.807, 2.05) is 7.05 Å². The van der Waals surface area contributed by atoms with E-state index < -0.39 is 11.4 Å². The van der Waals surface area contributed by atoms with E-state index in [0.717, 1.165) is 13.1 Å². The van der Waals surface area contributed by atoms with Crippen LogP contribution < -0.4 is 0 Å². The molecule has 0 aliphatic carbocycles. The molecule has 1 saturated heterocycles. The first kappa shape index (κ1) is 10.1. The van der Waals surface area contributed by atoms with Gasteiger partial charge in [0.25, 0.3) is 0 Å². The van der Waals surface area contributed by atoms with E-state index in [2.05, 4.69) is 20.1 Å². The summed E-state index contributed by atoms with van der Waals surface area (Å²) in [6.45, 7) is 1.54. The second-order valence-corrected chi connectivity index (χ2v) is 4.02. The molecule has 6 nitrogen and oxygen atoms in total. The monoisotopic (exact) mass is 210 g/mol. The Kier molecular flexibility index (Phi) is 2.44. The lowest BCUT2D eigenvalue weighted by Crippen LogP contribution is -2.46. The van der Waals surface area contributed by atoms with Crippen molar-refractivity contribution in [3.05, 3.63) is 12.2 Å². The van der Waals surface area contributed by atoms with Gasteiger partial charge in [0.1, 0.15) is 17.6 Å². The Morgan fingerprint density at radius 2 is 2.27 bits per heavy atom. The molecule has 0 saturated carbocycles. The summed E-state index contributed by atoms with van der Waals surface area (Å²) in [6.07, 6.45) is 2.51. The number of carboxylic acid groups (broad SMARTS) is 1. The molecule has 82 valence electrons. The number of piperidine rings is 1. The number of aromatic nitrogens is 3. The largest absolute Gasteiger partial charge is 0.480 e. The van der Waals surface area contributed by atoms with Gasteiger partial charge in [-0.3, -0.25) is 9.89 Å². The molecule has 2 N–H and O–H groups in total. The predicted molar refractivity (Wildman–Crippen MR) is 52.4 cm³/mol. The molecule has 0 spiro atoms. The molecule has 0 bridgehead atoms. The molecular formula is C9H14N4O2. The molecule has 15 heavy (non-hydrogen) atoms. The van der Waals surface area contributed by atoms with Crippen LogP contribution in [0.15, 0.2) is 6.33 Å². The average Bonchev–Trinajstić information content (AvgIpc) is 2.72. The Morgan fingerprint density at radius 3 is 2.73 bits per heavy atom. The van der Waals surface area contributed by atoms with Gasteiger partial charge in [-0.25, -0.2) is 4.98 Å². The van der Waals surface area contributed by atoms with Gasteiger partial charge in [-0.2, -0.15) is 5.10 Å². The molecule has 0 atom stereocenters. The molecule has 0 radical (unpaired) electrons. The van der Waals surface area contributed by atoms with Crippen LogP contribution >= 0.6 is 0 Å². The minimum absolute atomic E-state index is 0.475. The van der Waals surface area contributed by atoms with Gasteiger partial charge in [0, 0.05) is 0 Å². The van der Waals surface area contributed by atoms with Crippen LogP contribution in [0.3, 0.4) is 0 Å². The highest BCUT2D eigenvalue weighted by Gasteiger charge is 2.45. The molecule has 1 fully saturated rings. The number of likely N-dealkylation sites (tertiary alicyclic amines) is 1. The quantitative estimate of drug-likeness (QED) is 0.709. The summed E-state index contributed by atoms with van der Waals surface area (Å²) in [7, 11) is 1.99. The maximum absolute atomic E-state index is 11.4. The Labute approximate surface area is 87.3 Å². The first-order chi connectivity index (χ1) is 7.15. The molecule has 1 aliphatic rings. The average molecular weight is 210 g/mol. The zero-order chi connectivity index (χ0) is 10.9. The maximum atomic E-state index is 11.4. The van der Waals surface area contributed by atoms with Crippen molar-refractivity contribution in [3.8, 4) is 0 Å². The Balaban J connectivity index is 2.30. The van der Waals surface area contributed by atoms with Gasteiger partial charge < -0.3 is 10.0 Å². The minimum atomic E-state index is -0.872. The van der Waals surface area contributed by atoms with E-state index in [-0.39, 0.29) is 0 Å². The summed E-state index contributed by atoms with van der Waals surface area (Å²) in [5.74, 6) is -0.338. The summed E-state index contributed by atoms with van der Waals surface area (Å²) in [5, 5.41) is 15.8. The van der Waals surface area contributed by atoms with Crippen LogP contribution in [0.4, 0.5) is 0 Å². The van der Waals surface area contributed by atoms with Gasteiger partial charge in [-0.1, -0.05) is 0 Å². The van der Waals surface area contributed by atoms with Gasteiger partial charge in [-0.05, 0) is 33.0 Å². The van der Waals surface area contributed by atoms with Crippen LogP contribution in [0, 0.1) is 0 Å². The highest BCUT2D eigenvalue weighted by Crippen LogP contribution is 2.32. The smallest absolute Gasteiger partial charge is 0.317 e. The standard InChI is InChI=1S/C9H14N4O2/c1-13-4-2-9(3-5-13,8(14)15)7-10-6-11-12-7/h6H,2-5H2,1H3,(H,14,15)(H,10,11,12). The van der Waals surface area contributed by atoms with Crippen LogP contribution in [0.25, 0.3) is 0 Å². The van der Waals surface area contributed by atoms with Gasteiger partial charge in [0.15, 0.2) is 0 Å². The van der Waals surface area contributed by atoms with Crippen molar-refractivity contribution in [1.29, 1.82) is 0 Å². The number of rotatable bonds is 2. The summed E-state index contributed by atoms with van der Waals surface area (Å²) in [6, 6.07) is 0. The minimum Gasteiger partial charge on any atom is -0.480 e. The van der Waals surface area contributed by atoms with Crippen molar-refractivity contribution >= 4 is 5.97 Å². The van der Waals surface area contributed by atoms with Crippen molar-refractivity contribution in [3.63, 3.8) is 0 Å². The molecule has 1 aromatic rings. The molecule has 0 unspecified atom stereocenters. The lowest BCUT2D eigenvalue weighted by atomic mass is 9.78. The van der Waals surface area contributed by atoms with Crippen LogP contribution in [0.1, 0.15) is 18.7 Å². The number of nitrogens with zero attached hydrogens (tertiary/aromatic N) is 3. The van der Waals surface area contributed by atoms with Gasteiger partial charge >= 0.3 is 5.97 Å². The van der Waals surface area contributed by atoms with Crippen molar-refractivity contribution in [2.24, 2.45) is 0 Å². The SMILES string of the molecule is CN1CCC(C(=O)O)(c2ncn[nH]2)CC1. The van der Waals surface area contributed by atoms with Crippen molar-refractivity contribution in [2.45, 2.75) is 18.3 Å². The van der Waals surface area contributed by atoms with Crippen LogP contribution in [0.5, 0.6) is 0 Å². The van der Waals surface area contributed by atoms with Gasteiger partial charge in [-0.15, -0.1) is 0 Å². The van der Waals surface area contributed by atoms with E-state index in [9.17, 15) is 9.90 Å². The molecular weight excluding hydrogens is 196 g/mol. The number of H-pyrrole nitrogens is 1. The molecule has 1 aliphatic heterocycles. The zero-order valence-corrected chi connectivity index (χ0v) is 8.60. The predicted octanol–water partition coefficient (Wildman–Crippen LogP) is -0.147. The number of hydrogen-bond acceptors (Lipinski definition) is 4. The molecule has 2 rings (SSSR count). The topological polar surface area (TPSA) is 82.1 Å². The van der Waals surface area contributed by atoms with E-state index in [4.69, 9.17) is 0 Å². The Bertz CT molecular complexity index is 341. The normalized spacial score (nSPS) is 21.4. The zero-order valence-electron chi connectivity index (χ0n) is 8.60. The fraction of sp³-hybridized carbons (Fsp3) is 0.667. The summed E-state index contributed by atoms with van der Waals surface area (Å²) >= 11 is 0. The van der Waals surface area contributed by atoms with E-state index in [0.29, 0.717) is 18.7 Å².